The van der Waals surface area contributed by atoms with Gasteiger partial charge in [0.1, 0.15) is 5.75 Å². The van der Waals surface area contributed by atoms with Crippen LogP contribution in [0.5, 0.6) is 5.75 Å². The molecule has 0 aromatic heterocycles. The molecule has 0 radical (unpaired) electrons. The van der Waals surface area contributed by atoms with Crippen LogP contribution in [-0.4, -0.2) is 13.2 Å². The van der Waals surface area contributed by atoms with Gasteiger partial charge in [-0.05, 0) is 23.7 Å². The van der Waals surface area contributed by atoms with Crippen molar-refractivity contribution in [3.63, 3.8) is 0 Å². The summed E-state index contributed by atoms with van der Waals surface area (Å²) in [6, 6.07) is 12.0. The second-order valence-corrected chi connectivity index (χ2v) is 5.85. The van der Waals surface area contributed by atoms with Crippen molar-refractivity contribution < 1.29 is 4.74 Å². The van der Waals surface area contributed by atoms with E-state index in [4.69, 9.17) is 27.9 Å². The monoisotopic (exact) mass is 321 g/mol. The third-order valence-corrected chi connectivity index (χ3v) is 4.59. The zero-order valence-corrected chi connectivity index (χ0v) is 13.3. The van der Waals surface area contributed by atoms with E-state index in [0.29, 0.717) is 10.0 Å². The lowest BCUT2D eigenvalue weighted by atomic mass is 9.95. The Morgan fingerprint density at radius 2 is 1.90 bits per heavy atom. The van der Waals surface area contributed by atoms with Crippen molar-refractivity contribution in [3.05, 3.63) is 63.1 Å². The molecule has 1 unspecified atom stereocenters. The Balaban J connectivity index is 2.11. The van der Waals surface area contributed by atoms with Gasteiger partial charge in [-0.15, -0.1) is 0 Å². The molecule has 4 heteroatoms. The fraction of sp³-hybridized carbons (Fsp3) is 0.294. The van der Waals surface area contributed by atoms with Gasteiger partial charge < -0.3 is 10.1 Å². The summed E-state index contributed by atoms with van der Waals surface area (Å²) < 4.78 is 5.83. The van der Waals surface area contributed by atoms with Gasteiger partial charge in [-0.3, -0.25) is 0 Å². The lowest BCUT2D eigenvalue weighted by molar-refractivity contribution is 0.350. The van der Waals surface area contributed by atoms with Gasteiger partial charge in [0.2, 0.25) is 0 Å². The molecule has 2 nitrogen and oxygen atoms in total. The van der Waals surface area contributed by atoms with Crippen molar-refractivity contribution in [2.45, 2.75) is 19.4 Å². The molecule has 0 saturated heterocycles. The van der Waals surface area contributed by atoms with Crippen molar-refractivity contribution in [3.8, 4) is 5.75 Å². The first kappa shape index (κ1) is 14.7. The molecule has 0 saturated carbocycles. The molecular weight excluding hydrogens is 305 g/mol. The normalized spacial score (nSPS) is 14.6. The minimum absolute atomic E-state index is 0.0192. The van der Waals surface area contributed by atoms with Crippen molar-refractivity contribution in [2.75, 3.05) is 13.2 Å². The second kappa shape index (κ2) is 6.27. The van der Waals surface area contributed by atoms with Crippen LogP contribution in [0.1, 0.15) is 29.7 Å². The van der Waals surface area contributed by atoms with E-state index in [-0.39, 0.29) is 6.04 Å². The first-order valence-electron chi connectivity index (χ1n) is 7.14. The topological polar surface area (TPSA) is 21.3 Å². The number of hydrogen-bond acceptors (Lipinski definition) is 2. The van der Waals surface area contributed by atoms with E-state index in [1.807, 2.05) is 18.2 Å². The van der Waals surface area contributed by atoms with Crippen molar-refractivity contribution >= 4 is 23.2 Å². The highest BCUT2D eigenvalue weighted by atomic mass is 35.5. The molecular formula is C17H17Cl2NO. The van der Waals surface area contributed by atoms with E-state index in [9.17, 15) is 0 Å². The Labute approximate surface area is 135 Å². The molecule has 1 aliphatic heterocycles. The Kier molecular flexibility index (Phi) is 4.39. The van der Waals surface area contributed by atoms with E-state index in [1.165, 1.54) is 5.56 Å². The first-order valence-corrected chi connectivity index (χ1v) is 7.89. The number of ether oxygens (including phenoxy) is 1. The van der Waals surface area contributed by atoms with Crippen LogP contribution in [0.2, 0.25) is 10.0 Å². The van der Waals surface area contributed by atoms with Crippen LogP contribution in [0.3, 0.4) is 0 Å². The largest absolute Gasteiger partial charge is 0.493 e. The van der Waals surface area contributed by atoms with E-state index in [1.54, 1.807) is 0 Å². The van der Waals surface area contributed by atoms with Crippen LogP contribution >= 0.6 is 23.2 Å². The summed E-state index contributed by atoms with van der Waals surface area (Å²) in [6.07, 6.45) is 0.964. The predicted molar refractivity (Wildman–Crippen MR) is 87.6 cm³/mol. The quantitative estimate of drug-likeness (QED) is 0.886. The summed E-state index contributed by atoms with van der Waals surface area (Å²) in [4.78, 5) is 0. The van der Waals surface area contributed by atoms with Gasteiger partial charge in [-0.25, -0.2) is 0 Å². The molecule has 0 aliphatic carbocycles. The van der Waals surface area contributed by atoms with Gasteiger partial charge in [-0.2, -0.15) is 0 Å². The number of para-hydroxylation sites is 1. The molecule has 21 heavy (non-hydrogen) atoms. The standard InChI is InChI=1S/C17H17Cl2NO/c1-2-20-16(12-6-4-8-14(18)15(12)19)13-7-3-5-11-9-10-21-17(11)13/h3-8,16,20H,2,9-10H2,1H3. The van der Waals surface area contributed by atoms with Gasteiger partial charge in [0, 0.05) is 12.0 Å². The van der Waals surface area contributed by atoms with E-state index in [2.05, 4.69) is 30.4 Å². The number of benzene rings is 2. The highest BCUT2D eigenvalue weighted by molar-refractivity contribution is 6.42. The SMILES string of the molecule is CCNC(c1cccc(Cl)c1Cl)c1cccc2c1OCC2. The average Bonchev–Trinajstić information content (AvgIpc) is 2.97. The van der Waals surface area contributed by atoms with Crippen LogP contribution in [-0.2, 0) is 6.42 Å². The molecule has 0 spiro atoms. The predicted octanol–water partition coefficient (Wildman–Crippen LogP) is 4.63. The third kappa shape index (κ3) is 2.76. The Morgan fingerprint density at radius 1 is 1.14 bits per heavy atom. The smallest absolute Gasteiger partial charge is 0.127 e. The van der Waals surface area contributed by atoms with Gasteiger partial charge in [0.15, 0.2) is 0 Å². The maximum Gasteiger partial charge on any atom is 0.127 e. The number of nitrogens with one attached hydrogen (secondary N) is 1. The lowest BCUT2D eigenvalue weighted by Gasteiger charge is -2.22. The maximum absolute atomic E-state index is 6.41. The number of fused-ring (bicyclic) bond motifs is 1. The van der Waals surface area contributed by atoms with Crippen molar-refractivity contribution in [1.82, 2.24) is 5.32 Å². The maximum atomic E-state index is 6.41. The molecule has 2 aromatic carbocycles. The van der Waals surface area contributed by atoms with Gasteiger partial charge in [-0.1, -0.05) is 60.5 Å². The Hall–Kier alpha value is -1.22. The number of hydrogen-bond donors (Lipinski definition) is 1. The molecule has 1 heterocycles. The lowest BCUT2D eigenvalue weighted by Crippen LogP contribution is -2.23. The van der Waals surface area contributed by atoms with E-state index >= 15 is 0 Å². The summed E-state index contributed by atoms with van der Waals surface area (Å²) in [6.45, 7) is 3.65. The van der Waals surface area contributed by atoms with Crippen molar-refractivity contribution in [2.24, 2.45) is 0 Å². The average molecular weight is 322 g/mol. The van der Waals surface area contributed by atoms with E-state index < -0.39 is 0 Å². The molecule has 2 aromatic rings. The fourth-order valence-electron chi connectivity index (χ4n) is 2.80. The summed E-state index contributed by atoms with van der Waals surface area (Å²) in [5.74, 6) is 0.986. The summed E-state index contributed by atoms with van der Waals surface area (Å²) in [5.41, 5.74) is 3.36. The Bertz CT molecular complexity index is 657. The molecule has 110 valence electrons. The molecule has 0 amide bonds. The molecule has 0 bridgehead atoms. The first-order chi connectivity index (χ1) is 10.2. The third-order valence-electron chi connectivity index (χ3n) is 3.76. The van der Waals surface area contributed by atoms with Crippen molar-refractivity contribution in [1.29, 1.82) is 0 Å². The van der Waals surface area contributed by atoms with Crippen LogP contribution < -0.4 is 10.1 Å². The fourth-order valence-corrected chi connectivity index (χ4v) is 3.22. The van der Waals surface area contributed by atoms with E-state index in [0.717, 1.165) is 36.4 Å². The summed E-state index contributed by atoms with van der Waals surface area (Å²) in [5, 5.41) is 4.66. The number of rotatable bonds is 4. The second-order valence-electron chi connectivity index (χ2n) is 5.07. The molecule has 0 fully saturated rings. The zero-order valence-electron chi connectivity index (χ0n) is 11.8. The van der Waals surface area contributed by atoms with Crippen LogP contribution in [0.15, 0.2) is 36.4 Å². The van der Waals surface area contributed by atoms with Gasteiger partial charge >= 0.3 is 0 Å². The molecule has 3 rings (SSSR count). The van der Waals surface area contributed by atoms with Gasteiger partial charge in [0.25, 0.3) is 0 Å². The highest BCUT2D eigenvalue weighted by Gasteiger charge is 2.24. The highest BCUT2D eigenvalue weighted by Crippen LogP contribution is 2.39. The molecule has 1 aliphatic rings. The Morgan fingerprint density at radius 3 is 2.71 bits per heavy atom. The number of halogens is 2. The molecule has 1 atom stereocenters. The van der Waals surface area contributed by atoms with Gasteiger partial charge in [0.05, 0.1) is 22.7 Å². The minimum atomic E-state index is -0.0192. The minimum Gasteiger partial charge on any atom is -0.493 e. The van der Waals surface area contributed by atoms with Crippen LogP contribution in [0.25, 0.3) is 0 Å². The zero-order chi connectivity index (χ0) is 14.8. The van der Waals surface area contributed by atoms with Crippen LogP contribution in [0.4, 0.5) is 0 Å². The summed E-state index contributed by atoms with van der Waals surface area (Å²) >= 11 is 12.6. The van der Waals surface area contributed by atoms with Crippen LogP contribution in [0, 0.1) is 0 Å². The molecule has 1 N–H and O–H groups in total. The summed E-state index contributed by atoms with van der Waals surface area (Å²) in [7, 11) is 0.